The smallest absolute Gasteiger partial charge is 0.357 e. The summed E-state index contributed by atoms with van der Waals surface area (Å²) in [5.41, 5.74) is 0.634. The van der Waals surface area contributed by atoms with E-state index in [4.69, 9.17) is 33.9 Å². The molecule has 0 saturated carbocycles. The first-order valence-electron chi connectivity index (χ1n) is 6.15. The number of benzene rings is 1. The molecule has 1 aromatic rings. The van der Waals surface area contributed by atoms with Crippen LogP contribution in [-0.4, -0.2) is 52.3 Å². The minimum atomic E-state index is -4.67. The van der Waals surface area contributed by atoms with Crippen molar-refractivity contribution in [2.24, 2.45) is 0 Å². The van der Waals surface area contributed by atoms with Crippen LogP contribution in [0.4, 0.5) is 10.2 Å². The van der Waals surface area contributed by atoms with Crippen LogP contribution in [0.1, 0.15) is 5.56 Å². The van der Waals surface area contributed by atoms with E-state index in [-0.39, 0.29) is 31.8 Å². The van der Waals surface area contributed by atoms with Crippen LogP contribution in [-0.2, 0) is 21.6 Å². The molecule has 1 aliphatic rings. The lowest BCUT2D eigenvalue weighted by molar-refractivity contribution is -0.384. The minimum Gasteiger partial charge on any atom is -0.357 e. The van der Waals surface area contributed by atoms with Gasteiger partial charge >= 0.3 is 10.4 Å². The van der Waals surface area contributed by atoms with Gasteiger partial charge in [0.1, 0.15) is 0 Å². The second-order valence-corrected chi connectivity index (χ2v) is 6.21. The van der Waals surface area contributed by atoms with Gasteiger partial charge in [0.15, 0.2) is 5.06 Å². The lowest BCUT2D eigenvalue weighted by Gasteiger charge is -2.34. The van der Waals surface area contributed by atoms with Crippen molar-refractivity contribution in [1.82, 2.24) is 5.12 Å². The standard InChI is InChI=1S/C11H12ClFN2O3.H2O4S/c12-11(8-14(13)4-5-18-11)7-9-2-1-3-10(6-9)15(16)17;1-5(2,3)4/h1-3,6H,4-5,7-8H2;(H2,1,2,3,4). The van der Waals surface area contributed by atoms with Gasteiger partial charge in [0.2, 0.25) is 0 Å². The Morgan fingerprint density at radius 1 is 1.48 bits per heavy atom. The SMILES string of the molecule is O=S(=O)(O)O.O=[N+]([O-])c1cccc(CC2(Cl)CN(F)CCO2)c1. The lowest BCUT2D eigenvalue weighted by Crippen LogP contribution is -2.46. The molecule has 2 N–H and O–H groups in total. The molecule has 9 nitrogen and oxygen atoms in total. The van der Waals surface area contributed by atoms with E-state index in [1.54, 1.807) is 12.1 Å². The number of halogens is 2. The van der Waals surface area contributed by atoms with Crippen molar-refractivity contribution < 1.29 is 31.7 Å². The van der Waals surface area contributed by atoms with Crippen LogP contribution in [0.5, 0.6) is 0 Å². The van der Waals surface area contributed by atoms with Gasteiger partial charge in [-0.3, -0.25) is 19.2 Å². The Hall–Kier alpha value is -1.37. The monoisotopic (exact) mass is 372 g/mol. The van der Waals surface area contributed by atoms with Gasteiger partial charge in [-0.05, 0) is 5.56 Å². The zero-order valence-corrected chi connectivity index (χ0v) is 13.2. The van der Waals surface area contributed by atoms with Crippen LogP contribution in [0.25, 0.3) is 0 Å². The zero-order valence-electron chi connectivity index (χ0n) is 11.6. The number of hydrogen-bond donors (Lipinski definition) is 2. The highest BCUT2D eigenvalue weighted by molar-refractivity contribution is 7.79. The highest BCUT2D eigenvalue weighted by atomic mass is 35.5. The van der Waals surface area contributed by atoms with Gasteiger partial charge in [0.25, 0.3) is 5.69 Å². The maximum absolute atomic E-state index is 13.1. The van der Waals surface area contributed by atoms with E-state index in [9.17, 15) is 14.6 Å². The first-order valence-corrected chi connectivity index (χ1v) is 7.93. The molecule has 1 heterocycles. The predicted molar refractivity (Wildman–Crippen MR) is 78.2 cm³/mol. The highest BCUT2D eigenvalue weighted by Gasteiger charge is 2.35. The summed E-state index contributed by atoms with van der Waals surface area (Å²) < 4.78 is 50.1. The van der Waals surface area contributed by atoms with E-state index in [1.165, 1.54) is 12.1 Å². The molecule has 0 bridgehead atoms. The van der Waals surface area contributed by atoms with E-state index in [2.05, 4.69) is 0 Å². The first-order chi connectivity index (χ1) is 10.5. The summed E-state index contributed by atoms with van der Waals surface area (Å²) >= 11 is 6.16. The summed E-state index contributed by atoms with van der Waals surface area (Å²) in [6.07, 6.45) is 0.219. The van der Waals surface area contributed by atoms with Crippen molar-refractivity contribution in [2.75, 3.05) is 19.7 Å². The van der Waals surface area contributed by atoms with Gasteiger partial charge in [-0.15, -0.1) is 9.60 Å². The third-order valence-corrected chi connectivity index (χ3v) is 3.05. The Kier molecular flexibility index (Phi) is 6.80. The fourth-order valence-corrected chi connectivity index (χ4v) is 2.26. The Bertz CT molecular complexity index is 652. The molecule has 1 aliphatic heterocycles. The Morgan fingerprint density at radius 2 is 2.09 bits per heavy atom. The van der Waals surface area contributed by atoms with Crippen molar-refractivity contribution >= 4 is 27.7 Å². The van der Waals surface area contributed by atoms with Crippen molar-refractivity contribution in [3.05, 3.63) is 39.9 Å². The molecular formula is C11H14ClFN2O7S. The Morgan fingerprint density at radius 3 is 2.61 bits per heavy atom. The summed E-state index contributed by atoms with van der Waals surface area (Å²) in [6, 6.07) is 6.10. The second-order valence-electron chi connectivity index (χ2n) is 4.63. The van der Waals surface area contributed by atoms with Gasteiger partial charge in [0.05, 0.1) is 24.6 Å². The van der Waals surface area contributed by atoms with Crippen LogP contribution in [0.2, 0.25) is 0 Å². The molecule has 1 atom stereocenters. The number of nitro benzene ring substituents is 1. The molecule has 130 valence electrons. The van der Waals surface area contributed by atoms with E-state index < -0.39 is 20.4 Å². The normalized spacial score (nSPS) is 22.1. The van der Waals surface area contributed by atoms with Crippen molar-refractivity contribution in [3.63, 3.8) is 0 Å². The average Bonchev–Trinajstić information content (AvgIpc) is 2.36. The molecule has 0 radical (unpaired) electrons. The number of nitrogens with zero attached hydrogens (tertiary/aromatic N) is 2. The van der Waals surface area contributed by atoms with E-state index in [0.29, 0.717) is 10.7 Å². The molecule has 1 unspecified atom stereocenters. The van der Waals surface area contributed by atoms with Crippen LogP contribution in [0.3, 0.4) is 0 Å². The molecule has 1 saturated heterocycles. The van der Waals surface area contributed by atoms with Gasteiger partial charge in [-0.2, -0.15) is 8.42 Å². The van der Waals surface area contributed by atoms with Gasteiger partial charge < -0.3 is 4.74 Å². The fraction of sp³-hybridized carbons (Fsp3) is 0.455. The molecule has 12 heteroatoms. The van der Waals surface area contributed by atoms with Crippen LogP contribution >= 0.6 is 11.6 Å². The van der Waals surface area contributed by atoms with Gasteiger partial charge in [-0.1, -0.05) is 23.7 Å². The van der Waals surface area contributed by atoms with Crippen LogP contribution in [0, 0.1) is 10.1 Å². The average molecular weight is 373 g/mol. The molecule has 1 aromatic carbocycles. The molecule has 1 fully saturated rings. The summed E-state index contributed by atoms with van der Waals surface area (Å²) in [5, 5.41) is 10.1. The maximum atomic E-state index is 13.1. The number of rotatable bonds is 3. The highest BCUT2D eigenvalue weighted by Crippen LogP contribution is 2.28. The number of alkyl halides is 1. The topological polar surface area (TPSA) is 130 Å². The summed E-state index contributed by atoms with van der Waals surface area (Å²) in [7, 11) is -4.67. The Labute approximate surface area is 136 Å². The number of hydrogen-bond acceptors (Lipinski definition) is 6. The van der Waals surface area contributed by atoms with Crippen LogP contribution < -0.4 is 0 Å². The summed E-state index contributed by atoms with van der Waals surface area (Å²) in [6.45, 7) is 0.329. The molecular weight excluding hydrogens is 359 g/mol. The third kappa shape index (κ3) is 8.16. The van der Waals surface area contributed by atoms with E-state index in [0.717, 1.165) is 0 Å². The van der Waals surface area contributed by atoms with E-state index >= 15 is 0 Å². The molecule has 0 amide bonds. The number of nitro groups is 1. The molecule has 0 aliphatic carbocycles. The fourth-order valence-electron chi connectivity index (χ4n) is 1.90. The van der Waals surface area contributed by atoms with Gasteiger partial charge in [-0.25, -0.2) is 0 Å². The van der Waals surface area contributed by atoms with E-state index in [1.807, 2.05) is 0 Å². The molecule has 0 spiro atoms. The molecule has 0 aromatic heterocycles. The quantitative estimate of drug-likeness (QED) is 0.269. The lowest BCUT2D eigenvalue weighted by atomic mass is 10.1. The van der Waals surface area contributed by atoms with Crippen molar-refractivity contribution in [1.29, 1.82) is 0 Å². The largest absolute Gasteiger partial charge is 0.394 e. The summed E-state index contributed by atoms with van der Waals surface area (Å²) in [5.74, 6) is 0. The van der Waals surface area contributed by atoms with Crippen molar-refractivity contribution in [2.45, 2.75) is 11.5 Å². The molecule has 23 heavy (non-hydrogen) atoms. The maximum Gasteiger partial charge on any atom is 0.394 e. The number of ether oxygens (including phenoxy) is 1. The summed E-state index contributed by atoms with van der Waals surface area (Å²) in [4.78, 5) is 10.2. The number of morpholine rings is 1. The van der Waals surface area contributed by atoms with Crippen molar-refractivity contribution in [3.8, 4) is 0 Å². The predicted octanol–water partition coefficient (Wildman–Crippen LogP) is 1.64. The Balaban J connectivity index is 0.000000463. The molecule has 2 rings (SSSR count). The first kappa shape index (κ1) is 19.7. The van der Waals surface area contributed by atoms with Crippen LogP contribution in [0.15, 0.2) is 24.3 Å². The second kappa shape index (κ2) is 7.95. The minimum absolute atomic E-state index is 0.0133. The zero-order chi connectivity index (χ0) is 17.7. The van der Waals surface area contributed by atoms with Gasteiger partial charge in [0, 0.05) is 18.6 Å². The third-order valence-electron chi connectivity index (χ3n) is 2.69. The number of non-ortho nitro benzene ring substituents is 1.